The summed E-state index contributed by atoms with van der Waals surface area (Å²) in [5.74, 6) is -0.289. The smallest absolute Gasteiger partial charge is 0.320 e. The van der Waals surface area contributed by atoms with E-state index in [4.69, 9.17) is 5.11 Å². The number of carboxylic acids is 1. The number of nitrogens with one attached hydrogen (secondary N) is 1. The number of hydrogen-bond acceptors (Lipinski definition) is 3. The fourth-order valence-electron chi connectivity index (χ4n) is 1.87. The van der Waals surface area contributed by atoms with Crippen LogP contribution in [0.4, 0.5) is 0 Å². The van der Waals surface area contributed by atoms with Gasteiger partial charge in [-0.15, -0.1) is 0 Å². The van der Waals surface area contributed by atoms with Gasteiger partial charge in [-0.25, -0.2) is 0 Å². The Labute approximate surface area is 108 Å². The molecule has 4 nitrogen and oxygen atoms in total. The van der Waals surface area contributed by atoms with Gasteiger partial charge in [-0.3, -0.25) is 10.1 Å². The zero-order chi connectivity index (χ0) is 13.7. The quantitative estimate of drug-likeness (QED) is 0.726. The second-order valence-electron chi connectivity index (χ2n) is 5.00. The highest BCUT2D eigenvalue weighted by atomic mass is 16.4. The molecule has 0 aromatic heterocycles. The van der Waals surface area contributed by atoms with Gasteiger partial charge in [0.05, 0.1) is 0 Å². The third-order valence-electron chi connectivity index (χ3n) is 2.85. The van der Waals surface area contributed by atoms with E-state index in [2.05, 4.69) is 5.32 Å². The maximum Gasteiger partial charge on any atom is 0.320 e. The van der Waals surface area contributed by atoms with Crippen LogP contribution < -0.4 is 5.32 Å². The topological polar surface area (TPSA) is 69.6 Å². The van der Waals surface area contributed by atoms with E-state index in [9.17, 15) is 9.90 Å². The fourth-order valence-corrected chi connectivity index (χ4v) is 1.87. The summed E-state index contributed by atoms with van der Waals surface area (Å²) in [6.45, 7) is 5.92. The molecule has 100 valence electrons. The Kier molecular flexibility index (Phi) is 5.16. The third-order valence-corrected chi connectivity index (χ3v) is 2.85. The van der Waals surface area contributed by atoms with Gasteiger partial charge in [0.1, 0.15) is 11.8 Å². The number of hydrogen-bond donors (Lipinski definition) is 3. The van der Waals surface area contributed by atoms with Crippen LogP contribution >= 0.6 is 0 Å². The second kappa shape index (κ2) is 6.40. The molecule has 2 atom stereocenters. The molecule has 0 spiro atoms. The highest BCUT2D eigenvalue weighted by molar-refractivity contribution is 5.73. The highest BCUT2D eigenvalue weighted by Gasteiger charge is 2.21. The molecular weight excluding hydrogens is 230 g/mol. The van der Waals surface area contributed by atoms with Crippen molar-refractivity contribution in [2.75, 3.05) is 0 Å². The SMILES string of the molecule is CC(C)CC(NC(C)c1ccc(O)cc1)C(=O)O. The summed E-state index contributed by atoms with van der Waals surface area (Å²) < 4.78 is 0. The molecule has 18 heavy (non-hydrogen) atoms. The van der Waals surface area contributed by atoms with Gasteiger partial charge in [0.2, 0.25) is 0 Å². The van der Waals surface area contributed by atoms with Crippen LogP contribution in [0.1, 0.15) is 38.8 Å². The van der Waals surface area contributed by atoms with Crippen molar-refractivity contribution in [3.8, 4) is 5.75 Å². The standard InChI is InChI=1S/C14H21NO3/c1-9(2)8-13(14(17)18)15-10(3)11-4-6-12(16)7-5-11/h4-7,9-10,13,15-16H,8H2,1-3H3,(H,17,18). The second-order valence-corrected chi connectivity index (χ2v) is 5.00. The van der Waals surface area contributed by atoms with Crippen LogP contribution in [0.2, 0.25) is 0 Å². The normalized spacial score (nSPS) is 14.4. The first-order valence-electron chi connectivity index (χ1n) is 6.18. The van der Waals surface area contributed by atoms with E-state index in [1.54, 1.807) is 24.3 Å². The lowest BCUT2D eigenvalue weighted by molar-refractivity contribution is -0.140. The molecule has 0 fully saturated rings. The van der Waals surface area contributed by atoms with Crippen LogP contribution in [-0.2, 0) is 4.79 Å². The Hall–Kier alpha value is -1.55. The number of aromatic hydroxyl groups is 1. The minimum atomic E-state index is -0.825. The van der Waals surface area contributed by atoms with Crippen molar-refractivity contribution >= 4 is 5.97 Å². The van der Waals surface area contributed by atoms with E-state index < -0.39 is 12.0 Å². The highest BCUT2D eigenvalue weighted by Crippen LogP contribution is 2.18. The van der Waals surface area contributed by atoms with Gasteiger partial charge in [0.15, 0.2) is 0 Å². The van der Waals surface area contributed by atoms with Gasteiger partial charge in [-0.2, -0.15) is 0 Å². The largest absolute Gasteiger partial charge is 0.508 e. The van der Waals surface area contributed by atoms with Gasteiger partial charge < -0.3 is 10.2 Å². The van der Waals surface area contributed by atoms with Crippen LogP contribution in [0.25, 0.3) is 0 Å². The molecule has 4 heteroatoms. The molecule has 0 amide bonds. The molecule has 0 aliphatic carbocycles. The van der Waals surface area contributed by atoms with Crippen molar-refractivity contribution in [1.29, 1.82) is 0 Å². The summed E-state index contributed by atoms with van der Waals surface area (Å²) in [4.78, 5) is 11.2. The average Bonchev–Trinajstić information content (AvgIpc) is 2.28. The molecule has 0 bridgehead atoms. The molecule has 0 radical (unpaired) electrons. The predicted octanol–water partition coefficient (Wildman–Crippen LogP) is 2.54. The van der Waals surface area contributed by atoms with Crippen LogP contribution in [0.3, 0.4) is 0 Å². The van der Waals surface area contributed by atoms with Gasteiger partial charge in [0.25, 0.3) is 0 Å². The summed E-state index contributed by atoms with van der Waals surface area (Å²) in [6, 6.07) is 6.18. The summed E-state index contributed by atoms with van der Waals surface area (Å²) >= 11 is 0. The number of phenols is 1. The van der Waals surface area contributed by atoms with Crippen molar-refractivity contribution in [3.63, 3.8) is 0 Å². The number of rotatable bonds is 6. The fraction of sp³-hybridized carbons (Fsp3) is 0.500. The Bertz CT molecular complexity index is 387. The van der Waals surface area contributed by atoms with Gasteiger partial charge >= 0.3 is 5.97 Å². The van der Waals surface area contributed by atoms with Crippen LogP contribution in [-0.4, -0.2) is 22.2 Å². The number of phenolic OH excluding ortho intramolecular Hbond substituents is 1. The molecule has 0 aliphatic rings. The lowest BCUT2D eigenvalue weighted by Gasteiger charge is -2.21. The zero-order valence-corrected chi connectivity index (χ0v) is 11.1. The number of benzene rings is 1. The van der Waals surface area contributed by atoms with E-state index in [0.29, 0.717) is 12.3 Å². The minimum Gasteiger partial charge on any atom is -0.508 e. The van der Waals surface area contributed by atoms with Crippen LogP contribution in [0, 0.1) is 5.92 Å². The summed E-state index contributed by atoms with van der Waals surface area (Å²) in [7, 11) is 0. The van der Waals surface area contributed by atoms with E-state index in [1.165, 1.54) is 0 Å². The Balaban J connectivity index is 2.68. The third kappa shape index (κ3) is 4.37. The van der Waals surface area contributed by atoms with E-state index in [0.717, 1.165) is 5.56 Å². The average molecular weight is 251 g/mol. The molecule has 0 aliphatic heterocycles. The molecular formula is C14H21NO3. The maximum atomic E-state index is 11.2. The summed E-state index contributed by atoms with van der Waals surface area (Å²) in [5, 5.41) is 21.5. The van der Waals surface area contributed by atoms with Crippen molar-refractivity contribution in [1.82, 2.24) is 5.32 Å². The Morgan fingerprint density at radius 1 is 1.22 bits per heavy atom. The van der Waals surface area contributed by atoms with Gasteiger partial charge in [-0.1, -0.05) is 26.0 Å². The van der Waals surface area contributed by atoms with Gasteiger partial charge in [0, 0.05) is 6.04 Å². The predicted molar refractivity (Wildman–Crippen MR) is 70.5 cm³/mol. The molecule has 0 heterocycles. The van der Waals surface area contributed by atoms with Crippen molar-refractivity contribution < 1.29 is 15.0 Å². The van der Waals surface area contributed by atoms with Crippen LogP contribution in [0.15, 0.2) is 24.3 Å². The maximum absolute atomic E-state index is 11.2. The van der Waals surface area contributed by atoms with Crippen molar-refractivity contribution in [2.45, 2.75) is 39.3 Å². The molecule has 1 rings (SSSR count). The summed E-state index contributed by atoms with van der Waals surface area (Å²) in [5.41, 5.74) is 0.961. The first kappa shape index (κ1) is 14.5. The summed E-state index contributed by atoms with van der Waals surface area (Å²) in [6.07, 6.45) is 0.595. The monoisotopic (exact) mass is 251 g/mol. The molecule has 1 aromatic carbocycles. The van der Waals surface area contributed by atoms with E-state index >= 15 is 0 Å². The molecule has 2 unspecified atom stereocenters. The van der Waals surface area contributed by atoms with Gasteiger partial charge in [-0.05, 0) is 37.0 Å². The van der Waals surface area contributed by atoms with Crippen LogP contribution in [0.5, 0.6) is 5.75 Å². The number of carboxylic acid groups (broad SMARTS) is 1. The lowest BCUT2D eigenvalue weighted by atomic mass is 10.0. The van der Waals surface area contributed by atoms with Crippen molar-refractivity contribution in [2.24, 2.45) is 5.92 Å². The minimum absolute atomic E-state index is 0.0644. The molecule has 0 saturated heterocycles. The number of carbonyl (C=O) groups is 1. The Morgan fingerprint density at radius 3 is 2.22 bits per heavy atom. The first-order chi connectivity index (χ1) is 8.40. The zero-order valence-electron chi connectivity index (χ0n) is 11.1. The van der Waals surface area contributed by atoms with E-state index in [1.807, 2.05) is 20.8 Å². The van der Waals surface area contributed by atoms with E-state index in [-0.39, 0.29) is 11.8 Å². The molecule has 0 saturated carbocycles. The lowest BCUT2D eigenvalue weighted by Crippen LogP contribution is -2.39. The Morgan fingerprint density at radius 2 is 1.78 bits per heavy atom. The molecule has 1 aromatic rings. The first-order valence-corrected chi connectivity index (χ1v) is 6.18. The molecule has 3 N–H and O–H groups in total. The number of aliphatic carboxylic acids is 1. The van der Waals surface area contributed by atoms with Crippen molar-refractivity contribution in [3.05, 3.63) is 29.8 Å².